The Balaban J connectivity index is 0.00000101. The third-order valence-corrected chi connectivity index (χ3v) is 8.17. The second kappa shape index (κ2) is 27.5. The van der Waals surface area contributed by atoms with E-state index in [1.165, 1.54) is 44.2 Å². The molecule has 0 aliphatic rings. The molecule has 0 saturated heterocycles. The standard InChI is InChI=1S/C23H37F3O3.C14H30O4/c1-4-27-22(28-5-2,29-6-3)19-13-11-9-7-8-10-12-14-20-15-17-21(18-16-20)23(24,25)26;1-6-7-8-9-10-11-12-13(15-2)14(16-3,17-4)18-5/h15-18H,4-14,19H2,1-3H3;13H,6-12H2,1-5H3. The highest BCUT2D eigenvalue weighted by Gasteiger charge is 2.40. The molecule has 0 N–H and O–H groups in total. The zero-order valence-electron chi connectivity index (χ0n) is 30.8. The maximum atomic E-state index is 12.6. The fraction of sp³-hybridized carbons (Fsp3) is 0.838. The Hall–Kier alpha value is -1.27. The van der Waals surface area contributed by atoms with E-state index in [9.17, 15) is 13.2 Å². The van der Waals surface area contributed by atoms with Crippen molar-refractivity contribution in [2.75, 3.05) is 48.3 Å². The lowest BCUT2D eigenvalue weighted by Crippen LogP contribution is -2.48. The molecule has 0 radical (unpaired) electrons. The molecule has 0 bridgehead atoms. The van der Waals surface area contributed by atoms with Crippen LogP contribution >= 0.6 is 0 Å². The number of ether oxygens (including phenoxy) is 7. The second-order valence-electron chi connectivity index (χ2n) is 11.6. The quantitative estimate of drug-likeness (QED) is 0.0645. The van der Waals surface area contributed by atoms with Crippen molar-refractivity contribution in [2.24, 2.45) is 0 Å². The van der Waals surface area contributed by atoms with Crippen molar-refractivity contribution in [1.82, 2.24) is 0 Å². The van der Waals surface area contributed by atoms with E-state index in [4.69, 9.17) is 33.2 Å². The zero-order valence-corrected chi connectivity index (χ0v) is 30.8. The van der Waals surface area contributed by atoms with E-state index >= 15 is 0 Å². The van der Waals surface area contributed by atoms with Gasteiger partial charge in [0, 0.05) is 54.7 Å². The summed E-state index contributed by atoms with van der Waals surface area (Å²) in [7, 11) is 6.37. The van der Waals surface area contributed by atoms with Gasteiger partial charge in [-0.05, 0) is 64.2 Å². The summed E-state index contributed by atoms with van der Waals surface area (Å²) >= 11 is 0. The predicted molar refractivity (Wildman–Crippen MR) is 182 cm³/mol. The molecule has 0 fully saturated rings. The minimum absolute atomic E-state index is 0.205. The lowest BCUT2D eigenvalue weighted by molar-refractivity contribution is -0.392. The first kappa shape index (κ1) is 45.7. The lowest BCUT2D eigenvalue weighted by atomic mass is 10.0. The third kappa shape index (κ3) is 19.5. The highest BCUT2D eigenvalue weighted by atomic mass is 19.4. The average molecular weight is 681 g/mol. The van der Waals surface area contributed by atoms with Crippen LogP contribution in [0.5, 0.6) is 0 Å². The summed E-state index contributed by atoms with van der Waals surface area (Å²) in [5.74, 6) is -1.99. The molecule has 0 spiro atoms. The van der Waals surface area contributed by atoms with Gasteiger partial charge in [-0.15, -0.1) is 0 Å². The van der Waals surface area contributed by atoms with Crippen molar-refractivity contribution in [2.45, 2.75) is 155 Å². The van der Waals surface area contributed by atoms with Gasteiger partial charge in [-0.25, -0.2) is 0 Å². The second-order valence-corrected chi connectivity index (χ2v) is 11.6. The molecular weight excluding hydrogens is 613 g/mol. The molecule has 1 rings (SSSR count). The number of unbranched alkanes of at least 4 members (excludes halogenated alkanes) is 11. The van der Waals surface area contributed by atoms with Crippen molar-refractivity contribution < 1.29 is 46.3 Å². The Labute approximate surface area is 284 Å². The summed E-state index contributed by atoms with van der Waals surface area (Å²) in [4.78, 5) is 0. The molecule has 0 aromatic heterocycles. The molecule has 1 aromatic rings. The van der Waals surface area contributed by atoms with Crippen LogP contribution in [0.3, 0.4) is 0 Å². The van der Waals surface area contributed by atoms with Crippen molar-refractivity contribution in [1.29, 1.82) is 0 Å². The molecular formula is C37H67F3O7. The number of hydrogen-bond donors (Lipinski definition) is 0. The minimum atomic E-state index is -4.26. The van der Waals surface area contributed by atoms with Gasteiger partial charge >= 0.3 is 12.1 Å². The molecule has 1 aromatic carbocycles. The van der Waals surface area contributed by atoms with Crippen LogP contribution in [-0.4, -0.2) is 66.3 Å². The third-order valence-electron chi connectivity index (χ3n) is 8.17. The number of methoxy groups -OCH3 is 4. The maximum Gasteiger partial charge on any atom is 0.416 e. The Morgan fingerprint density at radius 3 is 1.45 bits per heavy atom. The van der Waals surface area contributed by atoms with Gasteiger partial charge in [-0.2, -0.15) is 13.2 Å². The van der Waals surface area contributed by atoms with Gasteiger partial charge in [0.05, 0.1) is 5.56 Å². The predicted octanol–water partition coefficient (Wildman–Crippen LogP) is 10.5. The molecule has 278 valence electrons. The van der Waals surface area contributed by atoms with Crippen LogP contribution in [0.1, 0.15) is 135 Å². The van der Waals surface area contributed by atoms with Crippen LogP contribution in [0.4, 0.5) is 13.2 Å². The maximum absolute atomic E-state index is 12.6. The smallest absolute Gasteiger partial charge is 0.373 e. The van der Waals surface area contributed by atoms with Crippen LogP contribution in [0.25, 0.3) is 0 Å². The van der Waals surface area contributed by atoms with Gasteiger partial charge in [0.1, 0.15) is 6.10 Å². The van der Waals surface area contributed by atoms with Gasteiger partial charge < -0.3 is 33.2 Å². The van der Waals surface area contributed by atoms with Crippen LogP contribution in [0.2, 0.25) is 0 Å². The summed E-state index contributed by atoms with van der Waals surface area (Å²) in [6, 6.07) is 5.51. The molecule has 0 aliphatic heterocycles. The number of aryl methyl sites for hydroxylation is 1. The summed E-state index contributed by atoms with van der Waals surface area (Å²) in [5, 5.41) is 0. The Bertz CT molecular complexity index is 807. The van der Waals surface area contributed by atoms with Gasteiger partial charge in [-0.1, -0.05) is 89.7 Å². The van der Waals surface area contributed by atoms with E-state index in [0.717, 1.165) is 76.2 Å². The first-order chi connectivity index (χ1) is 22.6. The highest BCUT2D eigenvalue weighted by Crippen LogP contribution is 2.29. The number of halogens is 3. The molecule has 1 atom stereocenters. The summed E-state index contributed by atoms with van der Waals surface area (Å²) in [5.41, 5.74) is 0.389. The Kier molecular flexibility index (Phi) is 26.8. The zero-order chi connectivity index (χ0) is 35.4. The number of alkyl halides is 3. The van der Waals surface area contributed by atoms with Crippen LogP contribution in [0, 0.1) is 0 Å². The fourth-order valence-corrected chi connectivity index (χ4v) is 5.61. The normalized spacial score (nSPS) is 13.0. The van der Waals surface area contributed by atoms with Gasteiger partial charge in [0.25, 0.3) is 5.97 Å². The molecule has 7 nitrogen and oxygen atoms in total. The van der Waals surface area contributed by atoms with Gasteiger partial charge in [-0.3, -0.25) is 0 Å². The highest BCUT2D eigenvalue weighted by molar-refractivity contribution is 5.24. The first-order valence-electron chi connectivity index (χ1n) is 17.8. The first-order valence-corrected chi connectivity index (χ1v) is 17.8. The fourth-order valence-electron chi connectivity index (χ4n) is 5.61. The van der Waals surface area contributed by atoms with Crippen LogP contribution in [0.15, 0.2) is 24.3 Å². The summed E-state index contributed by atoms with van der Waals surface area (Å²) in [6.07, 6.45) is 13.2. The van der Waals surface area contributed by atoms with E-state index in [1.807, 2.05) is 20.8 Å². The monoisotopic (exact) mass is 680 g/mol. The van der Waals surface area contributed by atoms with Crippen molar-refractivity contribution in [3.05, 3.63) is 35.4 Å². The SMILES string of the molecule is CCCCCCCCC(OC)C(OC)(OC)OC.CCOC(CCCCCCCCCc1ccc(C(F)(F)F)cc1)(OCC)OCC. The van der Waals surface area contributed by atoms with Gasteiger partial charge in [0.2, 0.25) is 0 Å². The molecule has 0 amide bonds. The van der Waals surface area contributed by atoms with Crippen LogP contribution < -0.4 is 0 Å². The molecule has 47 heavy (non-hydrogen) atoms. The largest absolute Gasteiger partial charge is 0.416 e. The number of hydrogen-bond acceptors (Lipinski definition) is 7. The van der Waals surface area contributed by atoms with Crippen molar-refractivity contribution >= 4 is 0 Å². The lowest BCUT2D eigenvalue weighted by Gasteiger charge is -2.35. The van der Waals surface area contributed by atoms with E-state index in [2.05, 4.69) is 6.92 Å². The van der Waals surface area contributed by atoms with Crippen LogP contribution in [-0.2, 0) is 45.8 Å². The molecule has 0 aliphatic carbocycles. The minimum Gasteiger partial charge on any atom is -0.373 e. The molecule has 0 heterocycles. The summed E-state index contributed by atoms with van der Waals surface area (Å²) < 4.78 is 76.3. The van der Waals surface area contributed by atoms with E-state index in [1.54, 1.807) is 40.6 Å². The molecule has 1 unspecified atom stereocenters. The average Bonchev–Trinajstić information content (AvgIpc) is 3.06. The Morgan fingerprint density at radius 2 is 1.02 bits per heavy atom. The van der Waals surface area contributed by atoms with Crippen molar-refractivity contribution in [3.63, 3.8) is 0 Å². The summed E-state index contributed by atoms with van der Waals surface area (Å²) in [6.45, 7) is 9.72. The molecule has 10 heteroatoms. The topological polar surface area (TPSA) is 64.6 Å². The van der Waals surface area contributed by atoms with E-state index in [-0.39, 0.29) is 6.10 Å². The van der Waals surface area contributed by atoms with Gasteiger partial charge in [0.15, 0.2) is 0 Å². The molecule has 0 saturated carbocycles. The number of benzene rings is 1. The number of rotatable bonds is 28. The van der Waals surface area contributed by atoms with Crippen molar-refractivity contribution in [3.8, 4) is 0 Å². The Morgan fingerprint density at radius 1 is 0.574 bits per heavy atom. The van der Waals surface area contributed by atoms with E-state index < -0.39 is 23.7 Å². The van der Waals surface area contributed by atoms with E-state index in [0.29, 0.717) is 19.8 Å².